The Balaban J connectivity index is 2.90. The van der Waals surface area contributed by atoms with Crippen LogP contribution in [-0.2, 0) is 14.9 Å². The lowest BCUT2D eigenvalue weighted by Gasteiger charge is -2.53. The van der Waals surface area contributed by atoms with E-state index in [0.29, 0.717) is 19.4 Å². The molecule has 0 unspecified atom stereocenters. The summed E-state index contributed by atoms with van der Waals surface area (Å²) in [5.41, 5.74) is -0.478. The second-order valence-corrected chi connectivity index (χ2v) is 8.62. The van der Waals surface area contributed by atoms with Gasteiger partial charge in [0.1, 0.15) is 5.21 Å². The Kier molecular flexibility index (Phi) is 5.29. The van der Waals surface area contributed by atoms with Gasteiger partial charge in [-0.2, -0.15) is 5.06 Å². The van der Waals surface area contributed by atoms with Gasteiger partial charge >= 0.3 is 0 Å². The third-order valence-electron chi connectivity index (χ3n) is 3.34. The molecule has 1 saturated heterocycles. The van der Waals surface area contributed by atoms with Crippen molar-refractivity contribution >= 4 is 21.6 Å². The molecule has 0 spiro atoms. The second kappa shape index (κ2) is 5.85. The summed E-state index contributed by atoms with van der Waals surface area (Å²) in [6.45, 7) is 10.8. The SMILES string of the molecule is CCON1C(C)(C)CC(NS(=O)(=O)CCl)CC1(C)C. The van der Waals surface area contributed by atoms with Gasteiger partial charge in [0.05, 0.1) is 6.61 Å². The normalized spacial score (nSPS) is 24.5. The van der Waals surface area contributed by atoms with Crippen molar-refractivity contribution in [1.82, 2.24) is 9.79 Å². The number of rotatable bonds is 5. The molecule has 0 aromatic carbocycles. The zero-order chi connectivity index (χ0) is 14.9. The van der Waals surface area contributed by atoms with Crippen LogP contribution in [0.5, 0.6) is 0 Å². The lowest BCUT2D eigenvalue weighted by Crippen LogP contribution is -2.64. The molecule has 0 atom stereocenters. The van der Waals surface area contributed by atoms with Gasteiger partial charge in [0.15, 0.2) is 0 Å². The zero-order valence-electron chi connectivity index (χ0n) is 12.4. The van der Waals surface area contributed by atoms with Gasteiger partial charge < -0.3 is 0 Å². The van der Waals surface area contributed by atoms with Crippen molar-refractivity contribution in [3.8, 4) is 0 Å². The van der Waals surface area contributed by atoms with Gasteiger partial charge in [0.2, 0.25) is 10.0 Å². The van der Waals surface area contributed by atoms with Crippen molar-refractivity contribution in [3.05, 3.63) is 0 Å². The van der Waals surface area contributed by atoms with Crippen LogP contribution >= 0.6 is 11.6 Å². The Labute approximate surface area is 121 Å². The van der Waals surface area contributed by atoms with E-state index in [1.54, 1.807) is 0 Å². The number of hydrogen-bond donors (Lipinski definition) is 1. The Hall–Kier alpha value is 0.120. The highest BCUT2D eigenvalue weighted by atomic mass is 35.5. The fraction of sp³-hybridized carbons (Fsp3) is 1.00. The minimum absolute atomic E-state index is 0.120. The highest BCUT2D eigenvalue weighted by Crippen LogP contribution is 2.38. The van der Waals surface area contributed by atoms with Gasteiger partial charge in [-0.05, 0) is 47.5 Å². The average molecular weight is 313 g/mol. The van der Waals surface area contributed by atoms with Crippen LogP contribution in [0.2, 0.25) is 0 Å². The summed E-state index contributed by atoms with van der Waals surface area (Å²) in [6.07, 6.45) is 1.37. The molecule has 1 N–H and O–H groups in total. The molecule has 0 aromatic rings. The maximum absolute atomic E-state index is 11.6. The second-order valence-electron chi connectivity index (χ2n) is 6.28. The molecular weight excluding hydrogens is 288 g/mol. The quantitative estimate of drug-likeness (QED) is 0.790. The van der Waals surface area contributed by atoms with Crippen LogP contribution in [-0.4, -0.2) is 42.4 Å². The number of nitrogens with one attached hydrogen (secondary N) is 1. The van der Waals surface area contributed by atoms with Gasteiger partial charge in [-0.25, -0.2) is 13.1 Å². The van der Waals surface area contributed by atoms with Gasteiger partial charge in [0.25, 0.3) is 0 Å². The van der Waals surface area contributed by atoms with Crippen molar-refractivity contribution in [2.24, 2.45) is 0 Å². The summed E-state index contributed by atoms with van der Waals surface area (Å²) in [5.74, 6) is 0. The number of sulfonamides is 1. The first kappa shape index (κ1) is 17.2. The number of alkyl halides is 1. The van der Waals surface area contributed by atoms with Gasteiger partial charge in [-0.15, -0.1) is 11.6 Å². The Morgan fingerprint density at radius 2 is 1.74 bits per heavy atom. The molecule has 0 saturated carbocycles. The summed E-state index contributed by atoms with van der Waals surface area (Å²) < 4.78 is 25.9. The first-order valence-electron chi connectivity index (χ1n) is 6.53. The first-order chi connectivity index (χ1) is 8.54. The predicted molar refractivity (Wildman–Crippen MR) is 77.4 cm³/mol. The lowest BCUT2D eigenvalue weighted by molar-refractivity contribution is -0.280. The number of nitrogens with zero attached hydrogens (tertiary/aromatic N) is 1. The van der Waals surface area contributed by atoms with Crippen molar-refractivity contribution in [1.29, 1.82) is 0 Å². The standard InChI is InChI=1S/C12H25ClN2O3S/c1-6-18-15-11(2,3)7-10(8-12(15,4)5)14-19(16,17)9-13/h10,14H,6-9H2,1-5H3. The highest BCUT2D eigenvalue weighted by Gasteiger charge is 2.47. The van der Waals surface area contributed by atoms with Crippen LogP contribution in [0.15, 0.2) is 0 Å². The number of hydrogen-bond acceptors (Lipinski definition) is 4. The monoisotopic (exact) mass is 312 g/mol. The minimum Gasteiger partial charge on any atom is -0.298 e. The molecule has 114 valence electrons. The van der Waals surface area contributed by atoms with Crippen LogP contribution in [0.3, 0.4) is 0 Å². The van der Waals surface area contributed by atoms with Gasteiger partial charge in [0, 0.05) is 17.1 Å². The predicted octanol–water partition coefficient (Wildman–Crippen LogP) is 2.08. The third-order valence-corrected chi connectivity index (χ3v) is 5.18. The molecule has 0 radical (unpaired) electrons. The molecular formula is C12H25ClN2O3S. The fourth-order valence-corrected chi connectivity index (χ4v) is 4.04. The Morgan fingerprint density at radius 3 is 2.11 bits per heavy atom. The summed E-state index contributed by atoms with van der Waals surface area (Å²) in [6, 6.07) is -0.120. The summed E-state index contributed by atoms with van der Waals surface area (Å²) in [7, 11) is -3.39. The molecule has 0 aromatic heterocycles. The van der Waals surface area contributed by atoms with Crippen molar-refractivity contribution < 1.29 is 13.3 Å². The summed E-state index contributed by atoms with van der Waals surface area (Å²) >= 11 is 5.45. The molecule has 1 heterocycles. The van der Waals surface area contributed by atoms with Crippen molar-refractivity contribution in [3.63, 3.8) is 0 Å². The molecule has 1 aliphatic heterocycles. The number of hydroxylamine groups is 2. The summed E-state index contributed by atoms with van der Waals surface area (Å²) in [4.78, 5) is 5.75. The van der Waals surface area contributed by atoms with E-state index in [2.05, 4.69) is 32.4 Å². The molecule has 5 nitrogen and oxygen atoms in total. The maximum atomic E-state index is 11.6. The Bertz CT molecular complexity index is 391. The summed E-state index contributed by atoms with van der Waals surface area (Å²) in [5, 5.41) is 1.59. The third kappa shape index (κ3) is 4.29. The van der Waals surface area contributed by atoms with Crippen molar-refractivity contribution in [2.45, 2.75) is 64.6 Å². The van der Waals surface area contributed by atoms with Crippen LogP contribution in [0, 0.1) is 0 Å². The van der Waals surface area contributed by atoms with Gasteiger partial charge in [-0.1, -0.05) is 0 Å². The minimum atomic E-state index is -3.39. The van der Waals surface area contributed by atoms with Crippen LogP contribution in [0.4, 0.5) is 0 Å². The molecule has 0 amide bonds. The van der Waals surface area contributed by atoms with E-state index >= 15 is 0 Å². The maximum Gasteiger partial charge on any atom is 0.225 e. The number of piperidine rings is 1. The van der Waals surface area contributed by atoms with E-state index in [1.807, 2.05) is 12.0 Å². The number of halogens is 1. The van der Waals surface area contributed by atoms with Crippen LogP contribution in [0.25, 0.3) is 0 Å². The largest absolute Gasteiger partial charge is 0.298 e. The van der Waals surface area contributed by atoms with E-state index in [4.69, 9.17) is 16.4 Å². The molecule has 1 rings (SSSR count). The zero-order valence-corrected chi connectivity index (χ0v) is 13.9. The van der Waals surface area contributed by atoms with E-state index in [9.17, 15) is 8.42 Å². The molecule has 1 aliphatic rings. The van der Waals surface area contributed by atoms with E-state index in [1.165, 1.54) is 0 Å². The lowest BCUT2D eigenvalue weighted by atomic mass is 9.79. The molecule has 0 bridgehead atoms. The Morgan fingerprint density at radius 1 is 1.26 bits per heavy atom. The van der Waals surface area contributed by atoms with Gasteiger partial charge in [-0.3, -0.25) is 4.84 Å². The van der Waals surface area contributed by atoms with E-state index < -0.39 is 15.2 Å². The first-order valence-corrected chi connectivity index (χ1v) is 8.72. The van der Waals surface area contributed by atoms with E-state index in [-0.39, 0.29) is 17.1 Å². The molecule has 0 aliphatic carbocycles. The fourth-order valence-electron chi connectivity index (χ4n) is 3.11. The van der Waals surface area contributed by atoms with Crippen molar-refractivity contribution in [2.75, 3.05) is 11.8 Å². The average Bonchev–Trinajstić information content (AvgIpc) is 2.21. The molecule has 19 heavy (non-hydrogen) atoms. The molecule has 1 fully saturated rings. The smallest absolute Gasteiger partial charge is 0.225 e. The highest BCUT2D eigenvalue weighted by molar-refractivity contribution is 7.90. The molecule has 7 heteroatoms. The topological polar surface area (TPSA) is 58.6 Å². The van der Waals surface area contributed by atoms with Crippen LogP contribution < -0.4 is 4.72 Å². The van der Waals surface area contributed by atoms with E-state index in [0.717, 1.165) is 0 Å². The van der Waals surface area contributed by atoms with Crippen LogP contribution in [0.1, 0.15) is 47.5 Å².